The van der Waals surface area contributed by atoms with Crippen LogP contribution < -0.4 is 5.32 Å². The van der Waals surface area contributed by atoms with Crippen molar-refractivity contribution in [3.8, 4) is 0 Å². The minimum Gasteiger partial charge on any atom is -0.383 e. The van der Waals surface area contributed by atoms with Gasteiger partial charge in [-0.25, -0.2) is 8.42 Å². The molecular weight excluding hydrogens is 304 g/mol. The van der Waals surface area contributed by atoms with Gasteiger partial charge < -0.3 is 5.32 Å². The fraction of sp³-hybridized carbons (Fsp3) is 0.538. The molecule has 0 radical (unpaired) electrons. The summed E-state index contributed by atoms with van der Waals surface area (Å²) in [4.78, 5) is -0.354. The average Bonchev–Trinajstić information content (AvgIpc) is 2.39. The highest BCUT2D eigenvalue weighted by Crippen LogP contribution is 2.21. The number of nitrogens with one attached hydrogen (secondary N) is 1. The summed E-state index contributed by atoms with van der Waals surface area (Å²) in [5, 5.41) is 3.21. The second-order valence-corrected chi connectivity index (χ2v) is 7.67. The maximum atomic E-state index is 12.4. The molecule has 0 heterocycles. The summed E-state index contributed by atoms with van der Waals surface area (Å²) in [7, 11) is -4.50. The lowest BCUT2D eigenvalue weighted by atomic mass is 10.2. The first kappa shape index (κ1) is 17.2. The third-order valence-corrected chi connectivity index (χ3v) is 5.06. The van der Waals surface area contributed by atoms with Gasteiger partial charge in [0, 0.05) is 11.7 Å². The topological polar surface area (TPSA) is 46.2 Å². The number of thioether (sulfide) groups is 1. The number of hydrogen-bond donors (Lipinski definition) is 1. The monoisotopic (exact) mass is 323 g/mol. The lowest BCUT2D eigenvalue weighted by Gasteiger charge is -2.15. The molecular formula is C13H19F2NO2S2. The Balaban J connectivity index is 2.63. The van der Waals surface area contributed by atoms with Crippen LogP contribution in [0.25, 0.3) is 0 Å². The smallest absolute Gasteiger partial charge is 0.341 e. The van der Waals surface area contributed by atoms with Crippen molar-refractivity contribution in [2.45, 2.75) is 37.0 Å². The van der Waals surface area contributed by atoms with Crippen molar-refractivity contribution in [1.29, 1.82) is 0 Å². The summed E-state index contributed by atoms with van der Waals surface area (Å²) in [6.45, 7) is 4.13. The summed E-state index contributed by atoms with van der Waals surface area (Å²) >= 11 is 1.85. The first-order chi connectivity index (χ1) is 9.37. The number of alkyl halides is 2. The second-order valence-electron chi connectivity index (χ2n) is 4.36. The maximum absolute atomic E-state index is 12.4. The second kappa shape index (κ2) is 7.83. The Labute approximate surface area is 123 Å². The summed E-state index contributed by atoms with van der Waals surface area (Å²) in [6.07, 6.45) is 0.982. The first-order valence-electron chi connectivity index (χ1n) is 6.34. The van der Waals surface area contributed by atoms with E-state index in [9.17, 15) is 17.2 Å². The van der Waals surface area contributed by atoms with E-state index in [1.807, 2.05) is 18.7 Å². The van der Waals surface area contributed by atoms with E-state index in [-0.39, 0.29) is 10.9 Å². The van der Waals surface area contributed by atoms with Crippen LogP contribution in [0, 0.1) is 0 Å². The normalized spacial score (nSPS) is 13.4. The summed E-state index contributed by atoms with van der Waals surface area (Å²) < 4.78 is 47.3. The average molecular weight is 323 g/mol. The van der Waals surface area contributed by atoms with Crippen LogP contribution in [-0.2, 0) is 9.84 Å². The SMILES string of the molecule is CCSCCC(C)Nc1ccc(S(=O)(=O)C(F)F)cc1. The molecule has 0 bridgehead atoms. The molecule has 3 nitrogen and oxygen atoms in total. The molecule has 7 heteroatoms. The summed E-state index contributed by atoms with van der Waals surface area (Å²) in [5.74, 6) is -1.26. The van der Waals surface area contributed by atoms with Gasteiger partial charge in [-0.1, -0.05) is 6.92 Å². The van der Waals surface area contributed by atoms with Gasteiger partial charge in [-0.15, -0.1) is 0 Å². The Hall–Kier alpha value is -0.820. The molecule has 1 rings (SSSR count). The first-order valence-corrected chi connectivity index (χ1v) is 9.04. The van der Waals surface area contributed by atoms with E-state index in [1.54, 1.807) is 0 Å². The molecule has 0 amide bonds. The fourth-order valence-corrected chi connectivity index (χ4v) is 3.13. The quantitative estimate of drug-likeness (QED) is 0.742. The van der Waals surface area contributed by atoms with Crippen LogP contribution in [-0.4, -0.2) is 31.7 Å². The van der Waals surface area contributed by atoms with Crippen molar-refractivity contribution in [3.63, 3.8) is 0 Å². The fourth-order valence-electron chi connectivity index (χ4n) is 1.60. The highest BCUT2D eigenvalue weighted by atomic mass is 32.2. The van der Waals surface area contributed by atoms with Crippen LogP contribution in [0.15, 0.2) is 29.2 Å². The largest absolute Gasteiger partial charge is 0.383 e. The van der Waals surface area contributed by atoms with E-state index in [4.69, 9.17) is 0 Å². The third kappa shape index (κ3) is 4.94. The van der Waals surface area contributed by atoms with Crippen LogP contribution in [0.3, 0.4) is 0 Å². The molecule has 0 aliphatic carbocycles. The van der Waals surface area contributed by atoms with E-state index in [2.05, 4.69) is 12.2 Å². The molecule has 1 aromatic rings. The molecule has 0 aliphatic rings. The standard InChI is InChI=1S/C13H19F2NO2S2/c1-3-19-9-8-10(2)16-11-4-6-12(7-5-11)20(17,18)13(14)15/h4-7,10,13,16H,3,8-9H2,1-2H3. The number of halogens is 2. The molecule has 114 valence electrons. The minimum atomic E-state index is -4.50. The molecule has 0 saturated carbocycles. The molecule has 1 atom stereocenters. The Morgan fingerprint density at radius 1 is 1.25 bits per heavy atom. The van der Waals surface area contributed by atoms with Gasteiger partial charge in [-0.2, -0.15) is 20.5 Å². The van der Waals surface area contributed by atoms with Gasteiger partial charge in [-0.05, 0) is 49.1 Å². The van der Waals surface area contributed by atoms with Crippen molar-refractivity contribution in [2.24, 2.45) is 0 Å². The Bertz CT molecular complexity index is 504. The predicted octanol–water partition coefficient (Wildman–Crippen LogP) is 3.63. The highest BCUT2D eigenvalue weighted by Gasteiger charge is 2.26. The number of benzene rings is 1. The maximum Gasteiger partial charge on any atom is 0.341 e. The van der Waals surface area contributed by atoms with E-state index in [1.165, 1.54) is 24.3 Å². The van der Waals surface area contributed by atoms with Crippen LogP contribution in [0.4, 0.5) is 14.5 Å². The van der Waals surface area contributed by atoms with Crippen molar-refractivity contribution in [3.05, 3.63) is 24.3 Å². The van der Waals surface area contributed by atoms with Crippen molar-refractivity contribution in [1.82, 2.24) is 0 Å². The molecule has 0 aliphatic heterocycles. The van der Waals surface area contributed by atoms with E-state index in [0.717, 1.165) is 23.6 Å². The molecule has 1 unspecified atom stereocenters. The summed E-state index contributed by atoms with van der Waals surface area (Å²) in [6, 6.07) is 5.68. The van der Waals surface area contributed by atoms with Gasteiger partial charge in [0.2, 0.25) is 9.84 Å². The lowest BCUT2D eigenvalue weighted by molar-refractivity contribution is 0.234. The van der Waals surface area contributed by atoms with Gasteiger partial charge >= 0.3 is 5.76 Å². The predicted molar refractivity (Wildman–Crippen MR) is 80.3 cm³/mol. The van der Waals surface area contributed by atoms with E-state index in [0.29, 0.717) is 0 Å². The number of rotatable bonds is 8. The van der Waals surface area contributed by atoms with Crippen molar-refractivity contribution in [2.75, 3.05) is 16.8 Å². The van der Waals surface area contributed by atoms with Gasteiger partial charge in [0.25, 0.3) is 0 Å². The van der Waals surface area contributed by atoms with Crippen LogP contribution in [0.2, 0.25) is 0 Å². The van der Waals surface area contributed by atoms with Crippen LogP contribution in [0.1, 0.15) is 20.3 Å². The number of sulfone groups is 1. The minimum absolute atomic E-state index is 0.242. The van der Waals surface area contributed by atoms with Crippen LogP contribution >= 0.6 is 11.8 Å². The van der Waals surface area contributed by atoms with Crippen LogP contribution in [0.5, 0.6) is 0 Å². The zero-order chi connectivity index (χ0) is 15.2. The van der Waals surface area contributed by atoms with Gasteiger partial charge in [0.1, 0.15) is 0 Å². The van der Waals surface area contributed by atoms with E-state index >= 15 is 0 Å². The molecule has 20 heavy (non-hydrogen) atoms. The Morgan fingerprint density at radius 3 is 2.35 bits per heavy atom. The van der Waals surface area contributed by atoms with Crippen molar-refractivity contribution >= 4 is 27.3 Å². The number of anilines is 1. The van der Waals surface area contributed by atoms with Gasteiger partial charge in [0.05, 0.1) is 4.90 Å². The molecule has 1 aromatic carbocycles. The zero-order valence-electron chi connectivity index (χ0n) is 11.5. The summed E-state index contributed by atoms with van der Waals surface area (Å²) in [5.41, 5.74) is 0.729. The molecule has 0 spiro atoms. The highest BCUT2D eigenvalue weighted by molar-refractivity contribution is 7.99. The van der Waals surface area contributed by atoms with Gasteiger partial charge in [-0.3, -0.25) is 0 Å². The molecule has 0 fully saturated rings. The zero-order valence-corrected chi connectivity index (χ0v) is 13.1. The van der Waals surface area contributed by atoms with Crippen molar-refractivity contribution < 1.29 is 17.2 Å². The Kier molecular flexibility index (Phi) is 6.75. The third-order valence-electron chi connectivity index (χ3n) is 2.73. The molecule has 0 saturated heterocycles. The van der Waals surface area contributed by atoms with E-state index < -0.39 is 15.6 Å². The Morgan fingerprint density at radius 2 is 1.85 bits per heavy atom. The molecule has 0 aromatic heterocycles. The number of hydrogen-bond acceptors (Lipinski definition) is 4. The molecule has 1 N–H and O–H groups in total. The lowest BCUT2D eigenvalue weighted by Crippen LogP contribution is -2.16. The van der Waals surface area contributed by atoms with Gasteiger partial charge in [0.15, 0.2) is 0 Å².